The molecule has 0 bridgehead atoms. The van der Waals surface area contributed by atoms with Gasteiger partial charge in [-0.1, -0.05) is 41.9 Å². The molecule has 0 aliphatic carbocycles. The fourth-order valence-electron chi connectivity index (χ4n) is 3.04. The van der Waals surface area contributed by atoms with Gasteiger partial charge < -0.3 is 5.32 Å². The van der Waals surface area contributed by atoms with E-state index in [4.69, 9.17) is 11.6 Å². The van der Waals surface area contributed by atoms with Gasteiger partial charge >= 0.3 is 0 Å². The Labute approximate surface area is 164 Å². The molecule has 1 heterocycles. The number of aryl methyl sites for hydroxylation is 1. The summed E-state index contributed by atoms with van der Waals surface area (Å²) in [5, 5.41) is 3.29. The third kappa shape index (κ3) is 4.87. The first kappa shape index (κ1) is 19.8. The van der Waals surface area contributed by atoms with Crippen LogP contribution in [0.15, 0.2) is 48.5 Å². The molecular formula is C19H22ClN3O3S. The Morgan fingerprint density at radius 1 is 1.11 bits per heavy atom. The minimum absolute atomic E-state index is 0.192. The van der Waals surface area contributed by atoms with Gasteiger partial charge in [0.2, 0.25) is 5.91 Å². The number of anilines is 1. The Hall–Kier alpha value is -1.93. The Kier molecular flexibility index (Phi) is 6.16. The summed E-state index contributed by atoms with van der Waals surface area (Å²) in [5.74, 6) is -0.358. The largest absolute Gasteiger partial charge is 0.325 e. The molecule has 2 aromatic rings. The van der Waals surface area contributed by atoms with Gasteiger partial charge in [0.1, 0.15) is 0 Å². The lowest BCUT2D eigenvalue weighted by molar-refractivity contribution is -0.116. The lowest BCUT2D eigenvalue weighted by atomic mass is 10.2. The number of hydrogen-bond donors (Lipinski definition) is 1. The highest BCUT2D eigenvalue weighted by atomic mass is 35.5. The molecule has 0 unspecified atom stereocenters. The molecule has 0 aromatic heterocycles. The Bertz CT molecular complexity index is 933. The maximum atomic E-state index is 12.9. The molecular weight excluding hydrogens is 386 g/mol. The van der Waals surface area contributed by atoms with Gasteiger partial charge in [0.15, 0.2) is 0 Å². The van der Waals surface area contributed by atoms with Gasteiger partial charge in [0.05, 0.1) is 6.54 Å². The number of benzene rings is 2. The summed E-state index contributed by atoms with van der Waals surface area (Å²) < 4.78 is 28.4. The van der Waals surface area contributed by atoms with Crippen molar-refractivity contribution in [2.75, 3.05) is 25.0 Å². The molecule has 6 nitrogen and oxygen atoms in total. The Morgan fingerprint density at radius 2 is 1.85 bits per heavy atom. The number of rotatable bonds is 5. The molecule has 0 radical (unpaired) electrons. The summed E-state index contributed by atoms with van der Waals surface area (Å²) in [6.07, 6.45) is 0.654. The number of carbonyl (C=O) groups is 1. The van der Waals surface area contributed by atoms with Crippen LogP contribution >= 0.6 is 11.6 Å². The summed E-state index contributed by atoms with van der Waals surface area (Å²) in [6.45, 7) is 2.64. The SMILES string of the molecule is Cc1cccc(NC(=O)CN2CCCN(Cc3ccccc3Cl)S2(=O)=O)c1. The maximum Gasteiger partial charge on any atom is 0.282 e. The smallest absolute Gasteiger partial charge is 0.282 e. The first-order valence-corrected chi connectivity index (χ1v) is 10.5. The fourth-order valence-corrected chi connectivity index (χ4v) is 4.86. The number of nitrogens with zero attached hydrogens (tertiary/aromatic N) is 2. The molecule has 0 atom stereocenters. The van der Waals surface area contributed by atoms with Gasteiger partial charge in [0, 0.05) is 30.3 Å². The van der Waals surface area contributed by atoms with Gasteiger partial charge in [-0.15, -0.1) is 0 Å². The fraction of sp³-hybridized carbons (Fsp3) is 0.316. The third-order valence-corrected chi connectivity index (χ3v) is 6.69. The van der Waals surface area contributed by atoms with Crippen molar-refractivity contribution in [2.24, 2.45) is 0 Å². The summed E-state index contributed by atoms with van der Waals surface area (Å²) in [5.41, 5.74) is 2.42. The highest BCUT2D eigenvalue weighted by molar-refractivity contribution is 7.86. The van der Waals surface area contributed by atoms with E-state index < -0.39 is 10.2 Å². The zero-order chi connectivity index (χ0) is 19.4. The lowest BCUT2D eigenvalue weighted by Gasteiger charge is -2.34. The van der Waals surface area contributed by atoms with E-state index in [1.165, 1.54) is 8.61 Å². The molecule has 1 aliphatic rings. The van der Waals surface area contributed by atoms with Crippen molar-refractivity contribution in [2.45, 2.75) is 19.9 Å². The van der Waals surface area contributed by atoms with E-state index in [0.717, 1.165) is 11.1 Å². The van der Waals surface area contributed by atoms with E-state index >= 15 is 0 Å². The molecule has 0 saturated carbocycles. The molecule has 0 spiro atoms. The first-order valence-electron chi connectivity index (χ1n) is 8.71. The van der Waals surface area contributed by atoms with E-state index in [2.05, 4.69) is 5.32 Å². The van der Waals surface area contributed by atoms with Crippen molar-refractivity contribution >= 4 is 33.4 Å². The van der Waals surface area contributed by atoms with Crippen molar-refractivity contribution in [3.63, 3.8) is 0 Å². The van der Waals surface area contributed by atoms with Crippen LogP contribution < -0.4 is 5.32 Å². The second-order valence-corrected chi connectivity index (χ2v) is 8.87. The van der Waals surface area contributed by atoms with E-state index in [-0.39, 0.29) is 19.0 Å². The predicted octanol–water partition coefficient (Wildman–Crippen LogP) is 3.04. The minimum Gasteiger partial charge on any atom is -0.325 e. The molecule has 27 heavy (non-hydrogen) atoms. The van der Waals surface area contributed by atoms with E-state index in [9.17, 15) is 13.2 Å². The van der Waals surface area contributed by atoms with Gasteiger partial charge in [-0.05, 0) is 42.7 Å². The molecule has 1 saturated heterocycles. The minimum atomic E-state index is -3.73. The van der Waals surface area contributed by atoms with Crippen molar-refractivity contribution < 1.29 is 13.2 Å². The molecule has 1 amide bonds. The third-order valence-electron chi connectivity index (χ3n) is 4.39. The van der Waals surface area contributed by atoms with Crippen molar-refractivity contribution in [3.8, 4) is 0 Å². The monoisotopic (exact) mass is 407 g/mol. The Morgan fingerprint density at radius 3 is 2.59 bits per heavy atom. The van der Waals surface area contributed by atoms with Crippen LogP contribution in [0.5, 0.6) is 0 Å². The van der Waals surface area contributed by atoms with E-state index in [1.54, 1.807) is 24.3 Å². The van der Waals surface area contributed by atoms with Crippen LogP contribution in [0.25, 0.3) is 0 Å². The average Bonchev–Trinajstić information content (AvgIpc) is 2.60. The number of hydrogen-bond acceptors (Lipinski definition) is 3. The Balaban J connectivity index is 1.68. The predicted molar refractivity (Wildman–Crippen MR) is 107 cm³/mol. The summed E-state index contributed by atoms with van der Waals surface area (Å²) in [6, 6.07) is 14.6. The van der Waals surface area contributed by atoms with Crippen LogP contribution in [0.1, 0.15) is 17.5 Å². The van der Waals surface area contributed by atoms with E-state index in [0.29, 0.717) is 30.2 Å². The normalized spacial score (nSPS) is 17.6. The molecule has 144 valence electrons. The van der Waals surface area contributed by atoms with Gasteiger partial charge in [-0.3, -0.25) is 4.79 Å². The van der Waals surface area contributed by atoms with Crippen molar-refractivity contribution in [3.05, 3.63) is 64.7 Å². The second kappa shape index (κ2) is 8.39. The molecule has 2 aromatic carbocycles. The van der Waals surface area contributed by atoms with Crippen LogP contribution in [-0.2, 0) is 21.5 Å². The zero-order valence-electron chi connectivity index (χ0n) is 15.1. The van der Waals surface area contributed by atoms with Crippen LogP contribution in [-0.4, -0.2) is 42.6 Å². The van der Waals surface area contributed by atoms with Crippen LogP contribution in [0, 0.1) is 6.92 Å². The number of amides is 1. The van der Waals surface area contributed by atoms with Gasteiger partial charge in [-0.25, -0.2) is 0 Å². The second-order valence-electron chi connectivity index (χ2n) is 6.54. The topological polar surface area (TPSA) is 69.7 Å². The van der Waals surface area contributed by atoms with Crippen molar-refractivity contribution in [1.82, 2.24) is 8.61 Å². The molecule has 1 N–H and O–H groups in total. The molecule has 3 rings (SSSR count). The summed E-state index contributed by atoms with van der Waals surface area (Å²) >= 11 is 6.16. The quantitative estimate of drug-likeness (QED) is 0.828. The molecule has 1 aliphatic heterocycles. The van der Waals surface area contributed by atoms with Crippen LogP contribution in [0.2, 0.25) is 5.02 Å². The van der Waals surface area contributed by atoms with Gasteiger partial charge in [-0.2, -0.15) is 17.0 Å². The number of nitrogens with one attached hydrogen (secondary N) is 1. The average molecular weight is 408 g/mol. The highest BCUT2D eigenvalue weighted by Crippen LogP contribution is 2.23. The number of halogens is 1. The molecule has 1 fully saturated rings. The standard InChI is InChI=1S/C19H22ClN3O3S/c1-15-6-4-8-17(12-15)21-19(24)14-23-11-5-10-22(27(23,25)26)13-16-7-2-3-9-18(16)20/h2-4,6-9,12H,5,10-11,13-14H2,1H3,(H,21,24). The highest BCUT2D eigenvalue weighted by Gasteiger charge is 2.34. The molecule has 8 heteroatoms. The summed E-state index contributed by atoms with van der Waals surface area (Å²) in [7, 11) is -3.73. The van der Waals surface area contributed by atoms with E-state index in [1.807, 2.05) is 31.2 Å². The maximum absolute atomic E-state index is 12.9. The summed E-state index contributed by atoms with van der Waals surface area (Å²) in [4.78, 5) is 12.3. The van der Waals surface area contributed by atoms with Crippen LogP contribution in [0.4, 0.5) is 5.69 Å². The first-order chi connectivity index (χ1) is 12.9. The van der Waals surface area contributed by atoms with Gasteiger partial charge in [0.25, 0.3) is 10.2 Å². The van der Waals surface area contributed by atoms with Crippen LogP contribution in [0.3, 0.4) is 0 Å². The number of carbonyl (C=O) groups excluding carboxylic acids is 1. The van der Waals surface area contributed by atoms with Crippen molar-refractivity contribution in [1.29, 1.82) is 0 Å². The lowest BCUT2D eigenvalue weighted by Crippen LogP contribution is -2.51. The zero-order valence-corrected chi connectivity index (χ0v) is 16.6.